The molecule has 0 bridgehead atoms. The molecule has 19 heavy (non-hydrogen) atoms. The molecule has 2 rings (SSSR count). The number of halogens is 2. The summed E-state index contributed by atoms with van der Waals surface area (Å²) in [7, 11) is 0. The lowest BCUT2D eigenvalue weighted by Crippen LogP contribution is -2.10. The van der Waals surface area contributed by atoms with Gasteiger partial charge in [-0.1, -0.05) is 37.4 Å². The molecule has 0 aliphatic rings. The van der Waals surface area contributed by atoms with E-state index in [9.17, 15) is 0 Å². The van der Waals surface area contributed by atoms with E-state index in [1.165, 1.54) is 12.8 Å². The molecule has 0 saturated carbocycles. The fourth-order valence-electron chi connectivity index (χ4n) is 2.51. The SMILES string of the molecule is CCCCC(C)n1c(CCCl)nc2c(Cl)cccc21. The van der Waals surface area contributed by atoms with Gasteiger partial charge in [0.15, 0.2) is 0 Å². The maximum Gasteiger partial charge on any atom is 0.111 e. The first-order chi connectivity index (χ1) is 9.19. The Balaban J connectivity index is 2.48. The van der Waals surface area contributed by atoms with Crippen molar-refractivity contribution in [2.45, 2.75) is 45.6 Å². The van der Waals surface area contributed by atoms with Crippen LogP contribution in [0.5, 0.6) is 0 Å². The normalized spacial score (nSPS) is 13.1. The molecule has 0 radical (unpaired) electrons. The Labute approximate surface area is 124 Å². The first-order valence-corrected chi connectivity index (χ1v) is 7.81. The first-order valence-electron chi connectivity index (χ1n) is 6.90. The summed E-state index contributed by atoms with van der Waals surface area (Å²) in [6.45, 7) is 4.46. The van der Waals surface area contributed by atoms with Gasteiger partial charge >= 0.3 is 0 Å². The van der Waals surface area contributed by atoms with Crippen LogP contribution in [0.3, 0.4) is 0 Å². The molecule has 0 saturated heterocycles. The van der Waals surface area contributed by atoms with E-state index < -0.39 is 0 Å². The second kappa shape index (κ2) is 6.62. The molecule has 1 aromatic carbocycles. The van der Waals surface area contributed by atoms with Crippen molar-refractivity contribution in [3.8, 4) is 0 Å². The minimum absolute atomic E-state index is 0.432. The fraction of sp³-hybridized carbons (Fsp3) is 0.533. The van der Waals surface area contributed by atoms with Gasteiger partial charge < -0.3 is 4.57 Å². The van der Waals surface area contributed by atoms with Gasteiger partial charge in [-0.05, 0) is 25.5 Å². The first kappa shape index (κ1) is 14.7. The zero-order chi connectivity index (χ0) is 13.8. The van der Waals surface area contributed by atoms with Crippen LogP contribution in [0.2, 0.25) is 5.02 Å². The summed E-state index contributed by atoms with van der Waals surface area (Å²) in [6, 6.07) is 6.40. The van der Waals surface area contributed by atoms with Crippen LogP contribution < -0.4 is 0 Å². The van der Waals surface area contributed by atoms with Gasteiger partial charge in [0.1, 0.15) is 11.3 Å². The Morgan fingerprint density at radius 1 is 1.37 bits per heavy atom. The number of nitrogens with zero attached hydrogens (tertiary/aromatic N) is 2. The molecule has 2 aromatic rings. The third kappa shape index (κ3) is 3.06. The topological polar surface area (TPSA) is 17.8 Å². The number of aryl methyl sites for hydroxylation is 1. The molecule has 1 unspecified atom stereocenters. The summed E-state index contributed by atoms with van der Waals surface area (Å²) in [5, 5.41) is 0.717. The molecular formula is C15H20Cl2N2. The van der Waals surface area contributed by atoms with E-state index in [2.05, 4.69) is 29.5 Å². The zero-order valence-electron chi connectivity index (χ0n) is 11.5. The molecule has 1 atom stereocenters. The van der Waals surface area contributed by atoms with E-state index in [1.807, 2.05) is 12.1 Å². The van der Waals surface area contributed by atoms with Crippen LogP contribution in [-0.2, 0) is 6.42 Å². The van der Waals surface area contributed by atoms with Crippen LogP contribution >= 0.6 is 23.2 Å². The van der Waals surface area contributed by atoms with Crippen molar-refractivity contribution in [3.05, 3.63) is 29.0 Å². The third-order valence-corrected chi connectivity index (χ3v) is 3.97. The predicted molar refractivity (Wildman–Crippen MR) is 83.4 cm³/mol. The molecule has 0 fully saturated rings. The fourth-order valence-corrected chi connectivity index (χ4v) is 2.89. The molecular weight excluding hydrogens is 279 g/mol. The van der Waals surface area contributed by atoms with Crippen molar-refractivity contribution in [3.63, 3.8) is 0 Å². The Bertz CT molecular complexity index is 548. The van der Waals surface area contributed by atoms with E-state index in [0.29, 0.717) is 11.9 Å². The summed E-state index contributed by atoms with van der Waals surface area (Å²) in [5.41, 5.74) is 2.02. The summed E-state index contributed by atoms with van der Waals surface area (Å²) in [6.07, 6.45) is 4.37. The van der Waals surface area contributed by atoms with E-state index in [4.69, 9.17) is 23.2 Å². The minimum atomic E-state index is 0.432. The van der Waals surface area contributed by atoms with E-state index in [0.717, 1.165) is 34.7 Å². The van der Waals surface area contributed by atoms with Crippen molar-refractivity contribution in [1.82, 2.24) is 9.55 Å². The Kier molecular flexibility index (Phi) is 5.12. The molecule has 1 aromatic heterocycles. The molecule has 0 amide bonds. The van der Waals surface area contributed by atoms with Crippen LogP contribution in [-0.4, -0.2) is 15.4 Å². The second-order valence-electron chi connectivity index (χ2n) is 4.94. The molecule has 4 heteroatoms. The maximum atomic E-state index is 6.24. The predicted octanol–water partition coefficient (Wildman–Crippen LogP) is 5.22. The average molecular weight is 299 g/mol. The monoisotopic (exact) mass is 298 g/mol. The van der Waals surface area contributed by atoms with E-state index in [-0.39, 0.29) is 0 Å². The smallest absolute Gasteiger partial charge is 0.111 e. The standard InChI is InChI=1S/C15H20Cl2N2/c1-3-4-6-11(2)19-13-8-5-7-12(17)15(13)18-14(19)9-10-16/h5,7-8,11H,3-4,6,9-10H2,1-2H3. The van der Waals surface area contributed by atoms with Crippen LogP contribution in [0.25, 0.3) is 11.0 Å². The number of para-hydroxylation sites is 1. The number of benzene rings is 1. The van der Waals surface area contributed by atoms with Crippen LogP contribution in [0.1, 0.15) is 45.0 Å². The van der Waals surface area contributed by atoms with Crippen molar-refractivity contribution < 1.29 is 0 Å². The van der Waals surface area contributed by atoms with Gasteiger partial charge in [-0.25, -0.2) is 4.98 Å². The highest BCUT2D eigenvalue weighted by molar-refractivity contribution is 6.34. The van der Waals surface area contributed by atoms with Gasteiger partial charge in [0, 0.05) is 18.3 Å². The molecule has 0 spiro atoms. The maximum absolute atomic E-state index is 6.24. The number of imidazole rings is 1. The minimum Gasteiger partial charge on any atom is -0.325 e. The molecule has 2 nitrogen and oxygen atoms in total. The molecule has 104 valence electrons. The Morgan fingerprint density at radius 3 is 2.84 bits per heavy atom. The van der Waals surface area contributed by atoms with Crippen molar-refractivity contribution in [2.75, 3.05) is 5.88 Å². The highest BCUT2D eigenvalue weighted by Crippen LogP contribution is 2.29. The van der Waals surface area contributed by atoms with Gasteiger partial charge in [0.2, 0.25) is 0 Å². The molecule has 1 heterocycles. The summed E-state index contributed by atoms with van der Waals surface area (Å²) in [4.78, 5) is 4.68. The van der Waals surface area contributed by atoms with Crippen LogP contribution in [0.4, 0.5) is 0 Å². The molecule has 0 aliphatic carbocycles. The van der Waals surface area contributed by atoms with Gasteiger partial charge in [-0.3, -0.25) is 0 Å². The number of rotatable bonds is 6. The number of aromatic nitrogens is 2. The van der Waals surface area contributed by atoms with Crippen molar-refractivity contribution in [1.29, 1.82) is 0 Å². The number of alkyl halides is 1. The second-order valence-corrected chi connectivity index (χ2v) is 5.72. The number of unbranched alkanes of at least 4 members (excludes halogenated alkanes) is 1. The van der Waals surface area contributed by atoms with Crippen LogP contribution in [0, 0.1) is 0 Å². The number of hydrogen-bond donors (Lipinski definition) is 0. The lowest BCUT2D eigenvalue weighted by Gasteiger charge is -2.17. The van der Waals surface area contributed by atoms with E-state index >= 15 is 0 Å². The highest BCUT2D eigenvalue weighted by atomic mass is 35.5. The quantitative estimate of drug-likeness (QED) is 0.668. The Morgan fingerprint density at radius 2 is 2.16 bits per heavy atom. The largest absolute Gasteiger partial charge is 0.325 e. The summed E-state index contributed by atoms with van der Waals surface area (Å²) in [5.74, 6) is 1.63. The molecule has 0 aliphatic heterocycles. The Hall–Kier alpha value is -0.730. The van der Waals surface area contributed by atoms with Gasteiger partial charge in [0.05, 0.1) is 10.5 Å². The summed E-state index contributed by atoms with van der Waals surface area (Å²) >= 11 is 12.1. The lowest BCUT2D eigenvalue weighted by molar-refractivity contribution is 0.482. The van der Waals surface area contributed by atoms with Gasteiger partial charge in [-0.2, -0.15) is 0 Å². The van der Waals surface area contributed by atoms with Crippen molar-refractivity contribution in [2.24, 2.45) is 0 Å². The van der Waals surface area contributed by atoms with Gasteiger partial charge in [0.25, 0.3) is 0 Å². The number of hydrogen-bond acceptors (Lipinski definition) is 1. The highest BCUT2D eigenvalue weighted by Gasteiger charge is 2.16. The average Bonchev–Trinajstić information content (AvgIpc) is 2.76. The van der Waals surface area contributed by atoms with Crippen LogP contribution in [0.15, 0.2) is 18.2 Å². The zero-order valence-corrected chi connectivity index (χ0v) is 13.0. The summed E-state index contributed by atoms with van der Waals surface area (Å²) < 4.78 is 2.30. The third-order valence-electron chi connectivity index (χ3n) is 3.48. The number of fused-ring (bicyclic) bond motifs is 1. The lowest BCUT2D eigenvalue weighted by atomic mass is 10.1. The van der Waals surface area contributed by atoms with Gasteiger partial charge in [-0.15, -0.1) is 11.6 Å². The molecule has 0 N–H and O–H groups in total. The van der Waals surface area contributed by atoms with Crippen molar-refractivity contribution >= 4 is 34.2 Å². The van der Waals surface area contributed by atoms with E-state index in [1.54, 1.807) is 0 Å².